The van der Waals surface area contributed by atoms with Crippen molar-refractivity contribution >= 4 is 42.4 Å². The molecule has 206 valence electrons. The second-order valence-corrected chi connectivity index (χ2v) is 11.7. The summed E-state index contributed by atoms with van der Waals surface area (Å²) in [6.45, 7) is 7.07. The summed E-state index contributed by atoms with van der Waals surface area (Å²) in [5, 5.41) is 2.24. The van der Waals surface area contributed by atoms with Crippen molar-refractivity contribution in [2.45, 2.75) is 52.0 Å². The summed E-state index contributed by atoms with van der Waals surface area (Å²) in [6, 6.07) is 12.2. The summed E-state index contributed by atoms with van der Waals surface area (Å²) in [5.74, 6) is -0.120. The highest BCUT2D eigenvalue weighted by Gasteiger charge is 2.22. The molecule has 0 aliphatic carbocycles. The van der Waals surface area contributed by atoms with E-state index in [2.05, 4.69) is 27.4 Å². The third-order valence-electron chi connectivity index (χ3n) is 5.37. The van der Waals surface area contributed by atoms with Crippen molar-refractivity contribution in [1.29, 1.82) is 0 Å². The van der Waals surface area contributed by atoms with Gasteiger partial charge in [0, 0.05) is 0 Å². The molecule has 11 nitrogen and oxygen atoms in total. The molecule has 3 aromatic carbocycles. The van der Waals surface area contributed by atoms with Crippen LogP contribution < -0.4 is 4.18 Å². The van der Waals surface area contributed by atoms with Crippen LogP contribution in [0.2, 0.25) is 0 Å². The van der Waals surface area contributed by atoms with Gasteiger partial charge in [-0.3, -0.25) is 9.11 Å². The Morgan fingerprint density at radius 1 is 0.703 bits per heavy atom. The molecule has 0 radical (unpaired) electrons. The van der Waals surface area contributed by atoms with Crippen molar-refractivity contribution in [3.8, 4) is 5.75 Å². The van der Waals surface area contributed by atoms with E-state index in [0.717, 1.165) is 17.2 Å². The Morgan fingerprint density at radius 2 is 1.32 bits per heavy atom. The molecule has 37 heavy (non-hydrogen) atoms. The van der Waals surface area contributed by atoms with Crippen molar-refractivity contribution < 1.29 is 48.0 Å². The van der Waals surface area contributed by atoms with E-state index in [0.29, 0.717) is 17.5 Å². The zero-order chi connectivity index (χ0) is 28.2. The SMILES string of the molecule is CCc1cc(S(O)(O)O)c(C)cc1OS(=O)(=O)O.CCc1ccc(C)c2ccc(COS(=O)(=O)O)cc12. The molecule has 0 unspecified atom stereocenters. The van der Waals surface area contributed by atoms with Gasteiger partial charge in [0.15, 0.2) is 0 Å². The molecule has 3 aromatic rings. The third-order valence-corrected chi connectivity index (χ3v) is 7.21. The molecule has 0 aliphatic heterocycles. The van der Waals surface area contributed by atoms with Crippen LogP contribution in [0.5, 0.6) is 5.75 Å². The molecule has 0 aliphatic rings. The van der Waals surface area contributed by atoms with E-state index < -0.39 is 31.7 Å². The maximum atomic E-state index is 10.7. The first-order valence-electron chi connectivity index (χ1n) is 10.9. The first kappa shape index (κ1) is 31.0. The quantitative estimate of drug-likeness (QED) is 0.217. The topological polar surface area (TPSA) is 188 Å². The lowest BCUT2D eigenvalue weighted by atomic mass is 9.97. The molecule has 0 spiro atoms. The molecular weight excluding hydrogens is 548 g/mol. The minimum absolute atomic E-state index is 0.109. The second kappa shape index (κ2) is 12.1. The van der Waals surface area contributed by atoms with E-state index in [-0.39, 0.29) is 22.8 Å². The van der Waals surface area contributed by atoms with Crippen molar-refractivity contribution in [3.05, 3.63) is 70.3 Å². The van der Waals surface area contributed by atoms with Gasteiger partial charge in [-0.1, -0.05) is 38.1 Å². The Hall–Kier alpha value is -2.27. The monoisotopic (exact) mass is 578 g/mol. The number of hydrogen-bond donors (Lipinski definition) is 5. The van der Waals surface area contributed by atoms with E-state index >= 15 is 0 Å². The minimum atomic E-state index is -4.66. The van der Waals surface area contributed by atoms with Crippen LogP contribution in [0.3, 0.4) is 0 Å². The molecule has 14 heteroatoms. The average molecular weight is 579 g/mol. The summed E-state index contributed by atoms with van der Waals surface area (Å²) >= 11 is 0. The number of aryl methyl sites for hydroxylation is 4. The maximum absolute atomic E-state index is 10.7. The number of benzene rings is 3. The van der Waals surface area contributed by atoms with Crippen LogP contribution in [0.15, 0.2) is 47.4 Å². The Balaban J connectivity index is 0.000000261. The molecule has 3 rings (SSSR count). The normalized spacial score (nSPS) is 12.7. The minimum Gasteiger partial charge on any atom is -0.362 e. The Kier molecular flexibility index (Phi) is 10.1. The molecule has 0 amide bonds. The summed E-state index contributed by atoms with van der Waals surface area (Å²) in [5.41, 5.74) is 3.63. The predicted molar refractivity (Wildman–Crippen MR) is 141 cm³/mol. The zero-order valence-electron chi connectivity index (χ0n) is 20.6. The lowest BCUT2D eigenvalue weighted by molar-refractivity contribution is 0.259. The summed E-state index contributed by atoms with van der Waals surface area (Å²) in [7, 11) is -12.9. The summed E-state index contributed by atoms with van der Waals surface area (Å²) in [6.07, 6.45) is 1.22. The molecule has 0 aromatic heterocycles. The Morgan fingerprint density at radius 3 is 1.84 bits per heavy atom. The first-order chi connectivity index (χ1) is 16.9. The summed E-state index contributed by atoms with van der Waals surface area (Å²) in [4.78, 5) is -0.109. The van der Waals surface area contributed by atoms with E-state index in [1.165, 1.54) is 30.2 Å². The maximum Gasteiger partial charge on any atom is 0.446 e. The van der Waals surface area contributed by atoms with Gasteiger partial charge in [0.25, 0.3) is 0 Å². The summed E-state index contributed by atoms with van der Waals surface area (Å²) < 4.78 is 96.0. The lowest BCUT2D eigenvalue weighted by Crippen LogP contribution is -2.09. The Labute approximate surface area is 218 Å². The van der Waals surface area contributed by atoms with Crippen LogP contribution in [-0.4, -0.2) is 39.6 Å². The zero-order valence-corrected chi connectivity index (χ0v) is 23.0. The van der Waals surface area contributed by atoms with E-state index in [9.17, 15) is 30.5 Å². The van der Waals surface area contributed by atoms with Gasteiger partial charge in [0.05, 0.1) is 11.5 Å². The van der Waals surface area contributed by atoms with Crippen molar-refractivity contribution in [3.63, 3.8) is 0 Å². The lowest BCUT2D eigenvalue weighted by Gasteiger charge is -2.23. The van der Waals surface area contributed by atoms with E-state index in [1.807, 2.05) is 19.1 Å². The molecule has 0 bridgehead atoms. The van der Waals surface area contributed by atoms with Gasteiger partial charge in [-0.2, -0.15) is 16.8 Å². The fraction of sp³-hybridized carbons (Fsp3) is 0.304. The van der Waals surface area contributed by atoms with Gasteiger partial charge in [0.1, 0.15) is 16.6 Å². The number of rotatable bonds is 8. The van der Waals surface area contributed by atoms with Gasteiger partial charge in [0.2, 0.25) is 0 Å². The highest BCUT2D eigenvalue weighted by Crippen LogP contribution is 2.47. The fourth-order valence-electron chi connectivity index (χ4n) is 3.61. The van der Waals surface area contributed by atoms with Gasteiger partial charge in [-0.05, 0) is 83.5 Å². The molecule has 5 N–H and O–H groups in total. The number of fused-ring (bicyclic) bond motifs is 1. The van der Waals surface area contributed by atoms with Crippen LogP contribution in [0.25, 0.3) is 10.8 Å². The highest BCUT2D eigenvalue weighted by atomic mass is 32.3. The van der Waals surface area contributed by atoms with Crippen LogP contribution in [0.1, 0.15) is 41.7 Å². The molecule has 0 saturated heterocycles. The van der Waals surface area contributed by atoms with Crippen LogP contribution in [0.4, 0.5) is 0 Å². The molecule has 0 atom stereocenters. The number of hydrogen-bond acceptors (Lipinski definition) is 9. The van der Waals surface area contributed by atoms with Gasteiger partial charge >= 0.3 is 20.8 Å². The van der Waals surface area contributed by atoms with Crippen molar-refractivity contribution in [2.24, 2.45) is 0 Å². The second-order valence-electron chi connectivity index (χ2n) is 8.07. The van der Waals surface area contributed by atoms with Crippen LogP contribution >= 0.6 is 10.9 Å². The first-order valence-corrected chi connectivity index (χ1v) is 15.1. The third kappa shape index (κ3) is 9.21. The smallest absolute Gasteiger partial charge is 0.362 e. The predicted octanol–water partition coefficient (Wildman–Crippen LogP) is 5.35. The van der Waals surface area contributed by atoms with Gasteiger partial charge in [-0.25, -0.2) is 4.18 Å². The van der Waals surface area contributed by atoms with E-state index in [1.54, 1.807) is 13.0 Å². The fourth-order valence-corrected chi connectivity index (χ4v) is 5.07. The van der Waals surface area contributed by atoms with E-state index in [4.69, 9.17) is 9.11 Å². The largest absolute Gasteiger partial charge is 0.446 e. The van der Waals surface area contributed by atoms with Gasteiger partial charge in [-0.15, -0.1) is 0 Å². The molecule has 0 fully saturated rings. The van der Waals surface area contributed by atoms with Crippen molar-refractivity contribution in [1.82, 2.24) is 0 Å². The highest BCUT2D eigenvalue weighted by molar-refractivity contribution is 8.19. The van der Waals surface area contributed by atoms with Crippen LogP contribution in [0, 0.1) is 13.8 Å². The Bertz CT molecular complexity index is 1480. The standard InChI is InChI=1S/C14H16O4S.C9H14O7S2/c1-3-12-6-4-10(2)13-7-5-11(8-14(12)13)9-18-19(15,16)17;1-3-7-5-9(17(10,11)12)6(2)4-8(7)16-18(13,14)15/h4-8H,3,9H2,1-2H3,(H,15,16,17);4-5,10-12H,3H2,1-2H3,(H,13,14,15). The van der Waals surface area contributed by atoms with Gasteiger partial charge < -0.3 is 17.8 Å². The molecular formula is C23H30O11S3. The molecule has 0 saturated carbocycles. The van der Waals surface area contributed by atoms with Crippen molar-refractivity contribution in [2.75, 3.05) is 0 Å². The van der Waals surface area contributed by atoms with Crippen LogP contribution in [-0.2, 0) is 44.4 Å². The average Bonchev–Trinajstić information content (AvgIpc) is 2.76. The molecule has 0 heterocycles.